The van der Waals surface area contributed by atoms with Crippen LogP contribution in [-0.2, 0) is 0 Å². The van der Waals surface area contributed by atoms with E-state index in [0.29, 0.717) is 22.5 Å². The summed E-state index contributed by atoms with van der Waals surface area (Å²) in [4.78, 5) is 15.3. The van der Waals surface area contributed by atoms with Crippen LogP contribution in [0.1, 0.15) is 31.7 Å². The number of rotatable bonds is 2. The first-order valence-electron chi connectivity index (χ1n) is 8.65. The van der Waals surface area contributed by atoms with Crippen molar-refractivity contribution in [2.24, 2.45) is 0 Å². The van der Waals surface area contributed by atoms with Crippen molar-refractivity contribution in [3.63, 3.8) is 0 Å². The second-order valence-electron chi connectivity index (χ2n) is 7.09. The third-order valence-electron chi connectivity index (χ3n) is 5.52. The molecule has 23 heavy (non-hydrogen) atoms. The van der Waals surface area contributed by atoms with Gasteiger partial charge in [0.25, 0.3) is 0 Å². The van der Waals surface area contributed by atoms with Crippen LogP contribution in [0.4, 0.5) is 4.79 Å². The monoisotopic (exact) mass is 336 g/mol. The number of benzene rings is 1. The summed E-state index contributed by atoms with van der Waals surface area (Å²) in [6.45, 7) is 9.69. The number of halogens is 1. The molecule has 2 amide bonds. The zero-order valence-electron chi connectivity index (χ0n) is 14.1. The summed E-state index contributed by atoms with van der Waals surface area (Å²) in [6.07, 6.45) is 1.07. The minimum Gasteiger partial charge on any atom is -0.313 e. The van der Waals surface area contributed by atoms with Crippen molar-refractivity contribution in [3.8, 4) is 0 Å². The van der Waals surface area contributed by atoms with Gasteiger partial charge < -0.3 is 5.32 Å². The minimum atomic E-state index is 0.315. The van der Waals surface area contributed by atoms with E-state index in [1.54, 1.807) is 0 Å². The highest BCUT2D eigenvalue weighted by molar-refractivity contribution is 6.30. The molecule has 1 N–H and O–H groups in total. The molecule has 2 unspecified atom stereocenters. The van der Waals surface area contributed by atoms with Crippen LogP contribution in [0.25, 0.3) is 0 Å². The van der Waals surface area contributed by atoms with Crippen molar-refractivity contribution in [1.82, 2.24) is 10.2 Å². The Morgan fingerprint density at radius 1 is 1.26 bits per heavy atom. The molecule has 0 aliphatic carbocycles. The fourth-order valence-corrected chi connectivity index (χ4v) is 4.10. The maximum absolute atomic E-state index is 13.2. The number of hydrogen-bond donors (Lipinski definition) is 1. The van der Waals surface area contributed by atoms with E-state index in [2.05, 4.69) is 36.2 Å². The van der Waals surface area contributed by atoms with Gasteiger partial charge in [0.2, 0.25) is 0 Å². The lowest BCUT2D eigenvalue weighted by atomic mass is 9.98. The van der Waals surface area contributed by atoms with Crippen molar-refractivity contribution < 1.29 is 9.28 Å². The van der Waals surface area contributed by atoms with E-state index < -0.39 is 0 Å². The molecule has 2 fully saturated rings. The molecular formula is C18H27ClN3O+. The molecular weight excluding hydrogens is 310 g/mol. The summed E-state index contributed by atoms with van der Waals surface area (Å²) < 4.78 is 0.591. The highest BCUT2D eigenvalue weighted by atomic mass is 35.5. The summed E-state index contributed by atoms with van der Waals surface area (Å²) in [5.74, 6) is 0.446. The number of quaternary nitrogens is 1. The topological polar surface area (TPSA) is 32.3 Å². The minimum absolute atomic E-state index is 0.315. The van der Waals surface area contributed by atoms with Crippen LogP contribution in [0.2, 0.25) is 5.02 Å². The Hall–Kier alpha value is -1.10. The van der Waals surface area contributed by atoms with Gasteiger partial charge in [-0.2, -0.15) is 0 Å². The van der Waals surface area contributed by atoms with Crippen LogP contribution < -0.4 is 5.32 Å². The standard InChI is InChI=1S/C18H27ClN3O/c1-14(2)22(18(23)21-10-8-20-9-11-21)12-7-16(13-22)15-3-5-17(19)6-4-15/h3-6,14,16,20H,7-13H2,1-2H3/q+1. The number of amides is 2. The highest BCUT2D eigenvalue weighted by Gasteiger charge is 2.49. The predicted octanol–water partition coefficient (Wildman–Crippen LogP) is 3.08. The molecule has 0 bridgehead atoms. The van der Waals surface area contributed by atoms with Crippen LogP contribution in [0, 0.1) is 0 Å². The fourth-order valence-electron chi connectivity index (χ4n) is 3.97. The van der Waals surface area contributed by atoms with Gasteiger partial charge in [-0.15, -0.1) is 0 Å². The lowest BCUT2D eigenvalue weighted by Crippen LogP contribution is -2.63. The van der Waals surface area contributed by atoms with Gasteiger partial charge in [-0.25, -0.2) is 9.28 Å². The zero-order chi connectivity index (χ0) is 16.4. The number of likely N-dealkylation sites (tertiary alicyclic amines) is 1. The Kier molecular flexibility index (Phi) is 4.95. The van der Waals surface area contributed by atoms with Crippen molar-refractivity contribution in [2.45, 2.75) is 32.2 Å². The number of hydrogen-bond acceptors (Lipinski definition) is 2. The Morgan fingerprint density at radius 3 is 2.52 bits per heavy atom. The largest absolute Gasteiger partial charge is 0.419 e. The predicted molar refractivity (Wildman–Crippen MR) is 93.8 cm³/mol. The highest BCUT2D eigenvalue weighted by Crippen LogP contribution is 2.36. The lowest BCUT2D eigenvalue weighted by Gasteiger charge is -2.40. The van der Waals surface area contributed by atoms with Crippen molar-refractivity contribution >= 4 is 17.6 Å². The van der Waals surface area contributed by atoms with Gasteiger partial charge in [-0.05, 0) is 31.5 Å². The summed E-state index contributed by atoms with van der Waals surface area (Å²) in [5, 5.41) is 4.10. The normalized spacial score (nSPS) is 28.3. The Labute approximate surface area is 144 Å². The van der Waals surface area contributed by atoms with Gasteiger partial charge in [0, 0.05) is 43.5 Å². The van der Waals surface area contributed by atoms with Crippen LogP contribution in [-0.4, -0.2) is 60.7 Å². The average molecular weight is 337 g/mol. The van der Waals surface area contributed by atoms with Crippen LogP contribution in [0.5, 0.6) is 0 Å². The molecule has 0 aromatic heterocycles. The first kappa shape index (κ1) is 16.7. The number of carbonyl (C=O) groups is 1. The molecule has 2 atom stereocenters. The second kappa shape index (κ2) is 6.80. The quantitative estimate of drug-likeness (QED) is 0.842. The lowest BCUT2D eigenvalue weighted by molar-refractivity contribution is -0.863. The summed E-state index contributed by atoms with van der Waals surface area (Å²) in [6, 6.07) is 8.77. The number of nitrogens with zero attached hydrogens (tertiary/aromatic N) is 2. The van der Waals surface area contributed by atoms with E-state index in [-0.39, 0.29) is 0 Å². The summed E-state index contributed by atoms with van der Waals surface area (Å²) in [5.41, 5.74) is 1.31. The van der Waals surface area contributed by atoms with Gasteiger partial charge in [0.1, 0.15) is 0 Å². The fraction of sp³-hybridized carbons (Fsp3) is 0.611. The van der Waals surface area contributed by atoms with Gasteiger partial charge in [-0.3, -0.25) is 4.90 Å². The van der Waals surface area contributed by atoms with Crippen molar-refractivity contribution in [1.29, 1.82) is 0 Å². The molecule has 3 rings (SSSR count). The maximum atomic E-state index is 13.2. The van der Waals surface area contributed by atoms with E-state index in [9.17, 15) is 4.79 Å². The van der Waals surface area contributed by atoms with Gasteiger partial charge in [-0.1, -0.05) is 23.7 Å². The SMILES string of the molecule is CC(C)[N+]1(C(=O)N2CCNCC2)CCC(c2ccc(Cl)cc2)C1. The number of urea groups is 1. The number of carbonyl (C=O) groups excluding carboxylic acids is 1. The molecule has 0 spiro atoms. The molecule has 0 saturated carbocycles. The van der Waals surface area contributed by atoms with Crippen LogP contribution >= 0.6 is 11.6 Å². The van der Waals surface area contributed by atoms with Gasteiger partial charge >= 0.3 is 6.03 Å². The third kappa shape index (κ3) is 3.25. The van der Waals surface area contributed by atoms with E-state index in [1.165, 1.54) is 5.56 Å². The van der Waals surface area contributed by atoms with Crippen LogP contribution in [0.15, 0.2) is 24.3 Å². The Balaban J connectivity index is 1.79. The van der Waals surface area contributed by atoms with E-state index in [1.807, 2.05) is 12.1 Å². The molecule has 0 radical (unpaired) electrons. The smallest absolute Gasteiger partial charge is 0.313 e. The van der Waals surface area contributed by atoms with E-state index in [0.717, 1.165) is 50.7 Å². The number of piperazine rings is 1. The molecule has 1 aromatic carbocycles. The first-order chi connectivity index (χ1) is 11.0. The average Bonchev–Trinajstić information content (AvgIpc) is 3.02. The van der Waals surface area contributed by atoms with Crippen molar-refractivity contribution in [3.05, 3.63) is 34.9 Å². The molecule has 126 valence electrons. The molecule has 4 nitrogen and oxygen atoms in total. The molecule has 1 aromatic rings. The van der Waals surface area contributed by atoms with Gasteiger partial charge in [0.05, 0.1) is 19.1 Å². The number of nitrogens with one attached hydrogen (secondary N) is 1. The van der Waals surface area contributed by atoms with Crippen LogP contribution in [0.3, 0.4) is 0 Å². The summed E-state index contributed by atoms with van der Waals surface area (Å²) >= 11 is 6.01. The van der Waals surface area contributed by atoms with Gasteiger partial charge in [0.15, 0.2) is 0 Å². The Morgan fingerprint density at radius 2 is 1.91 bits per heavy atom. The second-order valence-corrected chi connectivity index (χ2v) is 7.53. The van der Waals surface area contributed by atoms with E-state index in [4.69, 9.17) is 11.6 Å². The van der Waals surface area contributed by atoms with Crippen molar-refractivity contribution in [2.75, 3.05) is 39.3 Å². The molecule has 5 heteroatoms. The molecule has 2 aliphatic heterocycles. The summed E-state index contributed by atoms with van der Waals surface area (Å²) in [7, 11) is 0. The Bertz CT molecular complexity index is 554. The molecule has 2 saturated heterocycles. The molecule has 2 heterocycles. The first-order valence-corrected chi connectivity index (χ1v) is 9.03. The molecule has 2 aliphatic rings. The third-order valence-corrected chi connectivity index (χ3v) is 5.77. The maximum Gasteiger partial charge on any atom is 0.419 e. The zero-order valence-corrected chi connectivity index (χ0v) is 14.9. The van der Waals surface area contributed by atoms with E-state index >= 15 is 0 Å².